The molecule has 1 aromatic carbocycles. The molecular formula is C24H30N4O5. The van der Waals surface area contributed by atoms with Gasteiger partial charge in [0, 0.05) is 26.2 Å². The molecule has 2 aliphatic carbocycles. The molecule has 2 amide bonds. The second-order valence-electron chi connectivity index (χ2n) is 9.68. The van der Waals surface area contributed by atoms with Gasteiger partial charge in [-0.3, -0.25) is 9.59 Å². The van der Waals surface area contributed by atoms with Gasteiger partial charge < -0.3 is 24.6 Å². The van der Waals surface area contributed by atoms with Crippen molar-refractivity contribution < 1.29 is 24.6 Å². The predicted molar refractivity (Wildman–Crippen MR) is 120 cm³/mol. The molecule has 176 valence electrons. The summed E-state index contributed by atoms with van der Waals surface area (Å²) in [4.78, 5) is 46.1. The number of aliphatic hydroxyl groups is 1. The Morgan fingerprint density at radius 2 is 1.79 bits per heavy atom. The van der Waals surface area contributed by atoms with Crippen LogP contribution in [0, 0.1) is 6.92 Å². The number of carboxylic acid groups (broad SMARTS) is 1. The molecule has 0 spiro atoms. The number of fused-ring (bicyclic) bond motifs is 1. The first kappa shape index (κ1) is 21.9. The minimum Gasteiger partial charge on any atom is -0.478 e. The van der Waals surface area contributed by atoms with Gasteiger partial charge in [-0.05, 0) is 68.6 Å². The van der Waals surface area contributed by atoms with Crippen molar-refractivity contribution in [2.75, 3.05) is 19.6 Å². The van der Waals surface area contributed by atoms with Crippen LogP contribution in [0.15, 0.2) is 6.07 Å². The highest BCUT2D eigenvalue weighted by Gasteiger charge is 2.36. The maximum Gasteiger partial charge on any atom is 0.338 e. The lowest BCUT2D eigenvalue weighted by molar-refractivity contribution is -0.138. The molecule has 33 heavy (non-hydrogen) atoms. The van der Waals surface area contributed by atoms with E-state index in [4.69, 9.17) is 0 Å². The Labute approximate surface area is 192 Å². The van der Waals surface area contributed by atoms with E-state index in [-0.39, 0.29) is 41.9 Å². The predicted octanol–water partition coefficient (Wildman–Crippen LogP) is 2.05. The summed E-state index contributed by atoms with van der Waals surface area (Å²) in [5, 5.41) is 19.6. The topological polar surface area (TPSA) is 116 Å². The molecule has 3 fully saturated rings. The van der Waals surface area contributed by atoms with Gasteiger partial charge in [-0.2, -0.15) is 0 Å². The summed E-state index contributed by atoms with van der Waals surface area (Å²) in [6.45, 7) is 2.67. The maximum absolute atomic E-state index is 13.4. The molecule has 0 bridgehead atoms. The fraction of sp³-hybridized carbons (Fsp3) is 0.583. The quantitative estimate of drug-likeness (QED) is 0.731. The summed E-state index contributed by atoms with van der Waals surface area (Å²) in [6, 6.07) is 2.09. The number of piperazine rings is 1. The third-order valence-electron chi connectivity index (χ3n) is 7.55. The highest BCUT2D eigenvalue weighted by atomic mass is 16.4. The SMILES string of the molecule is Cc1c(C2CC2)cc2c(nc(C(=O)N3CCN(C4CCC(O)CC4)C(=O)C3)n2C)c1C(=O)O. The third kappa shape index (κ3) is 3.78. The number of hydrogen-bond donors (Lipinski definition) is 2. The fourth-order valence-electron chi connectivity index (χ4n) is 5.47. The van der Waals surface area contributed by atoms with Crippen LogP contribution in [0.25, 0.3) is 11.0 Å². The van der Waals surface area contributed by atoms with Gasteiger partial charge in [0.25, 0.3) is 5.91 Å². The number of aromatic nitrogens is 2. The minimum absolute atomic E-state index is 0.0147. The first-order valence-electron chi connectivity index (χ1n) is 11.8. The Balaban J connectivity index is 1.41. The van der Waals surface area contributed by atoms with E-state index >= 15 is 0 Å². The van der Waals surface area contributed by atoms with Crippen LogP contribution in [0.4, 0.5) is 0 Å². The molecule has 9 nitrogen and oxygen atoms in total. The Morgan fingerprint density at radius 3 is 2.39 bits per heavy atom. The van der Waals surface area contributed by atoms with E-state index in [1.165, 1.54) is 4.90 Å². The largest absolute Gasteiger partial charge is 0.478 e. The fourth-order valence-corrected chi connectivity index (χ4v) is 5.47. The number of carbonyl (C=O) groups is 3. The molecule has 5 rings (SSSR count). The first-order valence-corrected chi connectivity index (χ1v) is 11.8. The number of rotatable bonds is 4. The number of benzene rings is 1. The zero-order valence-corrected chi connectivity index (χ0v) is 19.1. The van der Waals surface area contributed by atoms with E-state index in [2.05, 4.69) is 4.98 Å². The Bertz CT molecular complexity index is 1140. The van der Waals surface area contributed by atoms with Crippen molar-refractivity contribution in [3.8, 4) is 0 Å². The van der Waals surface area contributed by atoms with Crippen molar-refractivity contribution in [3.63, 3.8) is 0 Å². The Kier molecular flexibility index (Phi) is 5.39. The van der Waals surface area contributed by atoms with Crippen LogP contribution in [0.5, 0.6) is 0 Å². The first-order chi connectivity index (χ1) is 15.8. The molecule has 0 atom stereocenters. The molecule has 1 aromatic heterocycles. The van der Waals surface area contributed by atoms with Crippen LogP contribution in [-0.4, -0.2) is 79.1 Å². The zero-order valence-electron chi connectivity index (χ0n) is 19.1. The lowest BCUT2D eigenvalue weighted by Gasteiger charge is -2.41. The van der Waals surface area contributed by atoms with Gasteiger partial charge >= 0.3 is 5.97 Å². The number of carboxylic acids is 1. The second-order valence-corrected chi connectivity index (χ2v) is 9.68. The number of aliphatic hydroxyl groups excluding tert-OH is 1. The molecule has 3 aliphatic rings. The number of carbonyl (C=O) groups excluding carboxylic acids is 2. The smallest absolute Gasteiger partial charge is 0.338 e. The van der Waals surface area contributed by atoms with E-state index in [1.54, 1.807) is 11.6 Å². The molecule has 0 radical (unpaired) electrons. The molecule has 2 aromatic rings. The number of nitrogens with zero attached hydrogens (tertiary/aromatic N) is 4. The molecule has 0 unspecified atom stereocenters. The van der Waals surface area contributed by atoms with Crippen molar-refractivity contribution in [3.05, 3.63) is 28.6 Å². The average Bonchev–Trinajstić information content (AvgIpc) is 3.57. The van der Waals surface area contributed by atoms with Gasteiger partial charge in [-0.25, -0.2) is 9.78 Å². The van der Waals surface area contributed by atoms with E-state index in [9.17, 15) is 24.6 Å². The van der Waals surface area contributed by atoms with Gasteiger partial charge in [0.15, 0.2) is 5.82 Å². The Morgan fingerprint density at radius 1 is 1.09 bits per heavy atom. The van der Waals surface area contributed by atoms with Crippen molar-refractivity contribution in [1.29, 1.82) is 0 Å². The molecule has 1 saturated heterocycles. The normalized spacial score (nSPS) is 23.9. The van der Waals surface area contributed by atoms with Crippen molar-refractivity contribution >= 4 is 28.8 Å². The van der Waals surface area contributed by atoms with Crippen LogP contribution in [-0.2, 0) is 11.8 Å². The van der Waals surface area contributed by atoms with E-state index in [1.807, 2.05) is 17.9 Å². The zero-order chi connectivity index (χ0) is 23.4. The summed E-state index contributed by atoms with van der Waals surface area (Å²) in [5.74, 6) is -0.968. The number of hydrogen-bond acceptors (Lipinski definition) is 5. The molecule has 2 N–H and O–H groups in total. The lowest BCUT2D eigenvalue weighted by atomic mass is 9.91. The number of aryl methyl sites for hydroxylation is 1. The standard InChI is InChI=1S/C24H30N4O5/c1-13-17(14-3-4-14)11-18-21(20(13)24(32)33)25-22(26(18)2)23(31)27-9-10-28(19(30)12-27)15-5-7-16(29)8-6-15/h11,14-16,29H,3-10,12H2,1-2H3,(H,32,33). The van der Waals surface area contributed by atoms with E-state index in [0.717, 1.165) is 36.8 Å². The van der Waals surface area contributed by atoms with Crippen molar-refractivity contribution in [2.45, 2.75) is 63.5 Å². The third-order valence-corrected chi connectivity index (χ3v) is 7.55. The summed E-state index contributed by atoms with van der Waals surface area (Å²) in [6.07, 6.45) is 4.77. The highest BCUT2D eigenvalue weighted by molar-refractivity contribution is 6.05. The minimum atomic E-state index is -1.04. The van der Waals surface area contributed by atoms with E-state index < -0.39 is 5.97 Å². The molecule has 2 heterocycles. The lowest BCUT2D eigenvalue weighted by Crippen LogP contribution is -2.56. The van der Waals surface area contributed by atoms with Gasteiger partial charge in [-0.1, -0.05) is 0 Å². The average molecular weight is 455 g/mol. The van der Waals surface area contributed by atoms with Crippen molar-refractivity contribution in [2.24, 2.45) is 7.05 Å². The molecular weight excluding hydrogens is 424 g/mol. The van der Waals surface area contributed by atoms with Crippen molar-refractivity contribution in [1.82, 2.24) is 19.4 Å². The summed E-state index contributed by atoms with van der Waals surface area (Å²) < 4.78 is 1.66. The summed E-state index contributed by atoms with van der Waals surface area (Å²) >= 11 is 0. The number of amides is 2. The molecule has 2 saturated carbocycles. The maximum atomic E-state index is 13.4. The summed E-state index contributed by atoms with van der Waals surface area (Å²) in [5.41, 5.74) is 2.85. The molecule has 1 aliphatic heterocycles. The Hall–Kier alpha value is -2.94. The number of aromatic carboxylic acids is 1. The van der Waals surface area contributed by atoms with Crippen LogP contribution >= 0.6 is 0 Å². The van der Waals surface area contributed by atoms with Gasteiger partial charge in [0.1, 0.15) is 12.1 Å². The second kappa shape index (κ2) is 8.13. The number of imidazole rings is 1. The summed E-state index contributed by atoms with van der Waals surface area (Å²) in [7, 11) is 1.73. The highest BCUT2D eigenvalue weighted by Crippen LogP contribution is 2.44. The van der Waals surface area contributed by atoms with Crippen LogP contribution < -0.4 is 0 Å². The monoisotopic (exact) mass is 454 g/mol. The van der Waals surface area contributed by atoms with Gasteiger partial charge in [-0.15, -0.1) is 0 Å². The van der Waals surface area contributed by atoms with Gasteiger partial charge in [0.05, 0.1) is 17.2 Å². The van der Waals surface area contributed by atoms with Crippen LogP contribution in [0.2, 0.25) is 0 Å². The van der Waals surface area contributed by atoms with E-state index in [0.29, 0.717) is 42.9 Å². The van der Waals surface area contributed by atoms with Crippen LogP contribution in [0.1, 0.15) is 76.5 Å². The van der Waals surface area contributed by atoms with Gasteiger partial charge in [0.2, 0.25) is 5.91 Å². The molecule has 9 heteroatoms. The van der Waals surface area contributed by atoms with Crippen LogP contribution in [0.3, 0.4) is 0 Å².